The molecule has 1 aromatic rings. The van der Waals surface area contributed by atoms with Gasteiger partial charge >= 0.3 is 0 Å². The Labute approximate surface area is 180 Å². The summed E-state index contributed by atoms with van der Waals surface area (Å²) in [6.07, 6.45) is 13.1. The molecule has 152 valence electrons. The average Bonchev–Trinajstić information content (AvgIpc) is 3.33. The molecule has 27 heavy (non-hydrogen) atoms. The largest absolute Gasteiger partial charge is 0.469 e. The first-order valence-corrected chi connectivity index (χ1v) is 10.5. The van der Waals surface area contributed by atoms with E-state index in [4.69, 9.17) is 14.1 Å². The van der Waals surface area contributed by atoms with Crippen molar-refractivity contribution in [2.45, 2.75) is 63.8 Å². The summed E-state index contributed by atoms with van der Waals surface area (Å²) in [7, 11) is 0. The fourth-order valence-corrected chi connectivity index (χ4v) is 4.81. The summed E-state index contributed by atoms with van der Waals surface area (Å²) in [6, 6.07) is 4.48. The van der Waals surface area contributed by atoms with E-state index in [1.807, 2.05) is 12.1 Å². The summed E-state index contributed by atoms with van der Waals surface area (Å²) in [6.45, 7) is 4.84. The molecule has 1 aliphatic carbocycles. The van der Waals surface area contributed by atoms with E-state index in [-0.39, 0.29) is 24.0 Å². The Morgan fingerprint density at radius 1 is 1.19 bits per heavy atom. The maximum atomic E-state index is 5.52. The van der Waals surface area contributed by atoms with Gasteiger partial charge in [-0.25, -0.2) is 0 Å². The number of furan rings is 1. The molecule has 4 rings (SSSR count). The van der Waals surface area contributed by atoms with Gasteiger partial charge in [0.2, 0.25) is 0 Å². The molecule has 1 saturated carbocycles. The Morgan fingerprint density at radius 3 is 2.74 bits per heavy atom. The van der Waals surface area contributed by atoms with Crippen LogP contribution in [0.3, 0.4) is 0 Å². The Hall–Kier alpha value is -0.760. The van der Waals surface area contributed by atoms with Crippen LogP contribution < -0.4 is 5.32 Å². The molecule has 0 unspecified atom stereocenters. The summed E-state index contributed by atoms with van der Waals surface area (Å²) >= 11 is 0. The first kappa shape index (κ1) is 21.0. The van der Waals surface area contributed by atoms with Crippen LogP contribution >= 0.6 is 24.0 Å². The van der Waals surface area contributed by atoms with Crippen LogP contribution in [-0.2, 0) is 11.2 Å². The zero-order valence-corrected chi connectivity index (χ0v) is 18.7. The number of hydrogen-bond acceptors (Lipinski definition) is 3. The van der Waals surface area contributed by atoms with Gasteiger partial charge in [-0.3, -0.25) is 4.99 Å². The lowest BCUT2D eigenvalue weighted by Crippen LogP contribution is -2.47. The zero-order valence-electron chi connectivity index (χ0n) is 16.3. The summed E-state index contributed by atoms with van der Waals surface area (Å²) in [5, 5.41) is 3.77. The smallest absolute Gasteiger partial charge is 0.194 e. The quantitative estimate of drug-likeness (QED) is 0.393. The third-order valence-electron chi connectivity index (χ3n) is 6.41. The van der Waals surface area contributed by atoms with Crippen molar-refractivity contribution in [2.24, 2.45) is 10.4 Å². The first-order chi connectivity index (χ1) is 12.8. The minimum atomic E-state index is 0. The summed E-state index contributed by atoms with van der Waals surface area (Å²) in [5.74, 6) is 2.13. The van der Waals surface area contributed by atoms with E-state index in [1.165, 1.54) is 45.1 Å². The fourth-order valence-electron chi connectivity index (χ4n) is 4.81. The highest BCUT2D eigenvalue weighted by atomic mass is 127. The van der Waals surface area contributed by atoms with Gasteiger partial charge in [-0.15, -0.1) is 24.0 Å². The van der Waals surface area contributed by atoms with Gasteiger partial charge in [-0.1, -0.05) is 19.3 Å². The molecule has 3 heterocycles. The maximum Gasteiger partial charge on any atom is 0.194 e. The number of likely N-dealkylation sites (tertiary alicyclic amines) is 1. The molecular weight excluding hydrogens is 453 g/mol. The van der Waals surface area contributed by atoms with E-state index in [2.05, 4.69) is 10.2 Å². The van der Waals surface area contributed by atoms with Crippen molar-refractivity contribution in [3.63, 3.8) is 0 Å². The highest BCUT2D eigenvalue weighted by Crippen LogP contribution is 2.43. The number of aliphatic imine (C=N–C) groups is 1. The van der Waals surface area contributed by atoms with Crippen LogP contribution in [0.25, 0.3) is 0 Å². The molecule has 2 saturated heterocycles. The predicted molar refractivity (Wildman–Crippen MR) is 119 cm³/mol. The Bertz CT molecular complexity index is 578. The van der Waals surface area contributed by atoms with E-state index in [0.29, 0.717) is 11.5 Å². The molecule has 0 aromatic carbocycles. The first-order valence-electron chi connectivity index (χ1n) is 10.5. The van der Waals surface area contributed by atoms with Crippen LogP contribution in [0.1, 0.15) is 57.1 Å². The lowest BCUT2D eigenvalue weighted by Gasteiger charge is -2.34. The summed E-state index contributed by atoms with van der Waals surface area (Å²) < 4.78 is 11.0. The van der Waals surface area contributed by atoms with Crippen molar-refractivity contribution in [3.05, 3.63) is 24.2 Å². The van der Waals surface area contributed by atoms with Gasteiger partial charge in [0.05, 0.1) is 6.26 Å². The molecule has 0 amide bonds. The second-order valence-electron chi connectivity index (χ2n) is 8.30. The van der Waals surface area contributed by atoms with Crippen molar-refractivity contribution < 1.29 is 9.15 Å². The molecule has 3 fully saturated rings. The molecule has 1 spiro atoms. The van der Waals surface area contributed by atoms with Crippen LogP contribution in [-0.4, -0.2) is 49.7 Å². The SMILES string of the molecule is I.c1coc(CCN=C(NC2CCOCC2)N2CCC3(CCCCC3)C2)c1. The van der Waals surface area contributed by atoms with Crippen LogP contribution in [0.2, 0.25) is 0 Å². The number of rotatable bonds is 4. The van der Waals surface area contributed by atoms with Crippen molar-refractivity contribution in [1.82, 2.24) is 10.2 Å². The molecule has 2 aliphatic heterocycles. The van der Waals surface area contributed by atoms with Crippen molar-refractivity contribution in [3.8, 4) is 0 Å². The summed E-state index contributed by atoms with van der Waals surface area (Å²) in [5.41, 5.74) is 0.553. The van der Waals surface area contributed by atoms with Gasteiger partial charge in [0.15, 0.2) is 5.96 Å². The van der Waals surface area contributed by atoms with Gasteiger partial charge in [-0.05, 0) is 49.7 Å². The molecule has 0 radical (unpaired) electrons. The highest BCUT2D eigenvalue weighted by molar-refractivity contribution is 14.0. The van der Waals surface area contributed by atoms with Crippen LogP contribution in [0.5, 0.6) is 0 Å². The Kier molecular flexibility index (Phi) is 7.87. The topological polar surface area (TPSA) is 50.0 Å². The van der Waals surface area contributed by atoms with Gasteiger partial charge in [0.1, 0.15) is 5.76 Å². The lowest BCUT2D eigenvalue weighted by molar-refractivity contribution is 0.0815. The van der Waals surface area contributed by atoms with Gasteiger partial charge < -0.3 is 19.4 Å². The minimum absolute atomic E-state index is 0. The second-order valence-corrected chi connectivity index (χ2v) is 8.30. The van der Waals surface area contributed by atoms with Gasteiger partial charge in [0.25, 0.3) is 0 Å². The molecule has 6 heteroatoms. The number of ether oxygens (including phenoxy) is 1. The van der Waals surface area contributed by atoms with E-state index >= 15 is 0 Å². The monoisotopic (exact) mass is 487 g/mol. The number of nitrogens with zero attached hydrogens (tertiary/aromatic N) is 2. The van der Waals surface area contributed by atoms with E-state index in [1.54, 1.807) is 6.26 Å². The third-order valence-corrected chi connectivity index (χ3v) is 6.41. The summed E-state index contributed by atoms with van der Waals surface area (Å²) in [4.78, 5) is 7.51. The van der Waals surface area contributed by atoms with Crippen molar-refractivity contribution in [1.29, 1.82) is 0 Å². The molecule has 5 nitrogen and oxygen atoms in total. The molecular formula is C21H34IN3O2. The third kappa shape index (κ3) is 5.62. The van der Waals surface area contributed by atoms with E-state index in [0.717, 1.165) is 57.3 Å². The van der Waals surface area contributed by atoms with Gasteiger partial charge in [-0.2, -0.15) is 0 Å². The minimum Gasteiger partial charge on any atom is -0.469 e. The van der Waals surface area contributed by atoms with E-state index in [9.17, 15) is 0 Å². The second kappa shape index (κ2) is 10.1. The normalized spacial score (nSPS) is 23.4. The molecule has 1 N–H and O–H groups in total. The number of guanidine groups is 1. The standard InChI is InChI=1S/C21H33N3O2.HI/c1-2-9-21(10-3-1)11-13-24(17-21)20(23-18-7-15-25-16-8-18)22-12-6-19-5-4-14-26-19;/h4-5,14,18H,1-3,6-13,15-17H2,(H,22,23);1H. The maximum absolute atomic E-state index is 5.52. The molecule has 0 atom stereocenters. The lowest BCUT2D eigenvalue weighted by atomic mass is 9.73. The van der Waals surface area contributed by atoms with Crippen LogP contribution in [0.15, 0.2) is 27.8 Å². The Morgan fingerprint density at radius 2 is 2.00 bits per heavy atom. The fraction of sp³-hybridized carbons (Fsp3) is 0.762. The molecule has 1 aromatic heterocycles. The van der Waals surface area contributed by atoms with Crippen molar-refractivity contribution in [2.75, 3.05) is 32.8 Å². The van der Waals surface area contributed by atoms with Crippen LogP contribution in [0, 0.1) is 5.41 Å². The van der Waals surface area contributed by atoms with Crippen LogP contribution in [0.4, 0.5) is 0 Å². The average molecular weight is 487 g/mol. The zero-order chi connectivity index (χ0) is 17.7. The predicted octanol–water partition coefficient (Wildman–Crippen LogP) is 4.22. The molecule has 3 aliphatic rings. The van der Waals surface area contributed by atoms with E-state index < -0.39 is 0 Å². The Balaban J connectivity index is 0.00000210. The van der Waals surface area contributed by atoms with Gasteiger partial charge in [0, 0.05) is 45.3 Å². The highest BCUT2D eigenvalue weighted by Gasteiger charge is 2.40. The number of halogens is 1. The van der Waals surface area contributed by atoms with Crippen molar-refractivity contribution >= 4 is 29.9 Å². The number of hydrogen-bond donors (Lipinski definition) is 1. The molecule has 0 bridgehead atoms. The number of nitrogens with one attached hydrogen (secondary N) is 1.